The van der Waals surface area contributed by atoms with Gasteiger partial charge in [0.25, 0.3) is 0 Å². The third kappa shape index (κ3) is 4.11. The van der Waals surface area contributed by atoms with Gasteiger partial charge in [0.05, 0.1) is 0 Å². The number of benzene rings is 1. The zero-order valence-electron chi connectivity index (χ0n) is 11.9. The second kappa shape index (κ2) is 7.65. The van der Waals surface area contributed by atoms with Gasteiger partial charge in [-0.25, -0.2) is 0 Å². The molecular formula is C16H23Cl2NO. The maximum atomic E-state index is 9.45. The van der Waals surface area contributed by atoms with Crippen molar-refractivity contribution in [3.8, 4) is 0 Å². The molecule has 0 spiro atoms. The van der Waals surface area contributed by atoms with Crippen LogP contribution in [-0.4, -0.2) is 18.3 Å². The highest BCUT2D eigenvalue weighted by atomic mass is 35.5. The van der Waals surface area contributed by atoms with Crippen LogP contribution in [0.1, 0.15) is 44.2 Å². The van der Waals surface area contributed by atoms with Crippen LogP contribution in [-0.2, 0) is 0 Å². The maximum absolute atomic E-state index is 9.45. The van der Waals surface area contributed by atoms with Gasteiger partial charge in [-0.1, -0.05) is 42.1 Å². The molecule has 1 saturated carbocycles. The number of rotatable bonds is 5. The number of hydrogen-bond acceptors (Lipinski definition) is 2. The van der Waals surface area contributed by atoms with E-state index in [-0.39, 0.29) is 6.04 Å². The van der Waals surface area contributed by atoms with Gasteiger partial charge in [0, 0.05) is 22.7 Å². The average Bonchev–Trinajstić information content (AvgIpc) is 2.45. The lowest BCUT2D eigenvalue weighted by Gasteiger charge is -2.31. The monoisotopic (exact) mass is 315 g/mol. The van der Waals surface area contributed by atoms with E-state index < -0.39 is 0 Å². The van der Waals surface area contributed by atoms with Crippen LogP contribution in [0, 0.1) is 11.8 Å². The van der Waals surface area contributed by atoms with E-state index in [1.165, 1.54) is 19.3 Å². The zero-order valence-corrected chi connectivity index (χ0v) is 13.4. The van der Waals surface area contributed by atoms with Gasteiger partial charge in [0.2, 0.25) is 0 Å². The van der Waals surface area contributed by atoms with E-state index in [1.807, 2.05) is 12.1 Å². The number of hydrogen-bond donors (Lipinski definition) is 2. The molecule has 0 amide bonds. The van der Waals surface area contributed by atoms with E-state index in [2.05, 4.69) is 12.2 Å². The molecule has 0 bridgehead atoms. The molecule has 0 saturated heterocycles. The van der Waals surface area contributed by atoms with E-state index in [1.54, 1.807) is 6.07 Å². The molecular weight excluding hydrogens is 293 g/mol. The third-order valence-electron chi connectivity index (χ3n) is 4.42. The molecule has 0 heterocycles. The van der Waals surface area contributed by atoms with E-state index in [0.717, 1.165) is 18.5 Å². The van der Waals surface area contributed by atoms with Crippen molar-refractivity contribution in [3.63, 3.8) is 0 Å². The zero-order chi connectivity index (χ0) is 14.5. The lowest BCUT2D eigenvalue weighted by molar-refractivity contribution is 0.131. The summed E-state index contributed by atoms with van der Waals surface area (Å²) in [6.07, 6.45) is 4.89. The van der Waals surface area contributed by atoms with E-state index in [9.17, 15) is 5.11 Å². The molecule has 112 valence electrons. The summed E-state index contributed by atoms with van der Waals surface area (Å²) in [5.74, 6) is 1.02. The Kier molecular flexibility index (Phi) is 6.16. The predicted octanol–water partition coefficient (Wildman–Crippen LogP) is 4.44. The van der Waals surface area contributed by atoms with Crippen LogP contribution in [0.25, 0.3) is 0 Å². The first-order valence-corrected chi connectivity index (χ1v) is 8.16. The first kappa shape index (κ1) is 16.1. The van der Waals surface area contributed by atoms with Gasteiger partial charge in [-0.3, -0.25) is 0 Å². The van der Waals surface area contributed by atoms with Crippen molar-refractivity contribution in [1.29, 1.82) is 0 Å². The molecule has 2 N–H and O–H groups in total. The van der Waals surface area contributed by atoms with Crippen molar-refractivity contribution < 1.29 is 5.11 Å². The summed E-state index contributed by atoms with van der Waals surface area (Å²) in [7, 11) is 0. The Bertz CT molecular complexity index is 438. The first-order chi connectivity index (χ1) is 9.61. The molecule has 0 aliphatic heterocycles. The average molecular weight is 316 g/mol. The minimum absolute atomic E-state index is 0.195. The fourth-order valence-corrected chi connectivity index (χ4v) is 3.66. The van der Waals surface area contributed by atoms with Crippen LogP contribution < -0.4 is 5.32 Å². The largest absolute Gasteiger partial charge is 0.396 e. The van der Waals surface area contributed by atoms with Crippen LogP contribution in [0.3, 0.4) is 0 Å². The summed E-state index contributed by atoms with van der Waals surface area (Å²) in [5, 5.41) is 14.4. The van der Waals surface area contributed by atoms with Gasteiger partial charge in [-0.15, -0.1) is 0 Å². The summed E-state index contributed by atoms with van der Waals surface area (Å²) in [4.78, 5) is 0. The Morgan fingerprint density at radius 2 is 1.95 bits per heavy atom. The Labute approximate surface area is 131 Å². The van der Waals surface area contributed by atoms with Crippen molar-refractivity contribution in [2.75, 3.05) is 13.2 Å². The fraction of sp³-hybridized carbons (Fsp3) is 0.625. The Balaban J connectivity index is 1.92. The molecule has 3 unspecified atom stereocenters. The van der Waals surface area contributed by atoms with Gasteiger partial charge in [0.15, 0.2) is 0 Å². The molecule has 1 fully saturated rings. The van der Waals surface area contributed by atoms with Crippen LogP contribution in [0.15, 0.2) is 18.2 Å². The van der Waals surface area contributed by atoms with E-state index in [0.29, 0.717) is 28.5 Å². The normalized spacial score (nSPS) is 24.6. The van der Waals surface area contributed by atoms with E-state index in [4.69, 9.17) is 23.2 Å². The first-order valence-electron chi connectivity index (χ1n) is 7.41. The lowest BCUT2D eigenvalue weighted by Crippen LogP contribution is -2.33. The highest BCUT2D eigenvalue weighted by molar-refractivity contribution is 6.35. The summed E-state index contributed by atoms with van der Waals surface area (Å²) < 4.78 is 0. The minimum atomic E-state index is 0.195. The quantitative estimate of drug-likeness (QED) is 0.841. The van der Waals surface area contributed by atoms with Crippen molar-refractivity contribution in [1.82, 2.24) is 5.32 Å². The summed E-state index contributed by atoms with van der Waals surface area (Å²) in [5.41, 5.74) is 1.08. The second-order valence-corrected chi connectivity index (χ2v) is 6.63. The van der Waals surface area contributed by atoms with Gasteiger partial charge in [0.1, 0.15) is 0 Å². The Morgan fingerprint density at radius 3 is 2.60 bits per heavy atom. The smallest absolute Gasteiger partial charge is 0.0468 e. The molecule has 0 aromatic heterocycles. The number of aliphatic hydroxyl groups excluding tert-OH is 1. The van der Waals surface area contributed by atoms with Crippen LogP contribution in [0.2, 0.25) is 10.0 Å². The molecule has 1 aliphatic rings. The maximum Gasteiger partial charge on any atom is 0.0468 e. The summed E-state index contributed by atoms with van der Waals surface area (Å²) in [6, 6.07) is 5.83. The van der Waals surface area contributed by atoms with Crippen LogP contribution in [0.4, 0.5) is 0 Å². The lowest BCUT2D eigenvalue weighted by atomic mass is 9.79. The Hall–Kier alpha value is -0.280. The highest BCUT2D eigenvalue weighted by Gasteiger charge is 2.24. The molecule has 4 heteroatoms. The fourth-order valence-electron chi connectivity index (χ4n) is 3.08. The van der Waals surface area contributed by atoms with Gasteiger partial charge < -0.3 is 10.4 Å². The predicted molar refractivity (Wildman–Crippen MR) is 85.4 cm³/mol. The van der Waals surface area contributed by atoms with Gasteiger partial charge in [-0.2, -0.15) is 0 Å². The topological polar surface area (TPSA) is 32.3 Å². The van der Waals surface area contributed by atoms with Crippen LogP contribution in [0.5, 0.6) is 0 Å². The molecule has 1 aromatic rings. The van der Waals surface area contributed by atoms with Crippen molar-refractivity contribution in [2.24, 2.45) is 11.8 Å². The summed E-state index contributed by atoms with van der Waals surface area (Å²) >= 11 is 12.2. The van der Waals surface area contributed by atoms with Crippen molar-refractivity contribution in [2.45, 2.75) is 38.6 Å². The third-order valence-corrected chi connectivity index (χ3v) is 4.98. The molecule has 0 radical (unpaired) electrons. The standard InChI is InChI=1S/C16H23Cl2NO/c1-11(15-7-6-14(17)8-16(15)18)19-9-12-4-2-3-5-13(12)10-20/h6-8,11-13,19-20H,2-5,9-10H2,1H3. The molecule has 1 aromatic carbocycles. The highest BCUT2D eigenvalue weighted by Crippen LogP contribution is 2.30. The minimum Gasteiger partial charge on any atom is -0.396 e. The van der Waals surface area contributed by atoms with Gasteiger partial charge in [-0.05, 0) is 55.8 Å². The summed E-state index contributed by atoms with van der Waals surface area (Å²) in [6.45, 7) is 3.36. The number of halogens is 2. The van der Waals surface area contributed by atoms with Crippen molar-refractivity contribution >= 4 is 23.2 Å². The number of aliphatic hydroxyl groups is 1. The SMILES string of the molecule is CC(NCC1CCCCC1CO)c1ccc(Cl)cc1Cl. The second-order valence-electron chi connectivity index (χ2n) is 5.78. The number of nitrogens with one attached hydrogen (secondary N) is 1. The Morgan fingerprint density at radius 1 is 1.25 bits per heavy atom. The van der Waals surface area contributed by atoms with Crippen molar-refractivity contribution in [3.05, 3.63) is 33.8 Å². The molecule has 20 heavy (non-hydrogen) atoms. The van der Waals surface area contributed by atoms with Crippen LogP contribution >= 0.6 is 23.2 Å². The molecule has 2 nitrogen and oxygen atoms in total. The van der Waals surface area contributed by atoms with E-state index >= 15 is 0 Å². The molecule has 1 aliphatic carbocycles. The molecule has 2 rings (SSSR count). The van der Waals surface area contributed by atoms with Gasteiger partial charge >= 0.3 is 0 Å². The molecule has 3 atom stereocenters.